The minimum Gasteiger partial charge on any atom is -0.486 e. The van der Waals surface area contributed by atoms with E-state index in [9.17, 15) is 4.79 Å². The van der Waals surface area contributed by atoms with Crippen LogP contribution in [0.2, 0.25) is 0 Å². The van der Waals surface area contributed by atoms with Crippen LogP contribution in [0.15, 0.2) is 41.2 Å². The third-order valence-electron chi connectivity index (χ3n) is 5.85. The van der Waals surface area contributed by atoms with Gasteiger partial charge in [0.15, 0.2) is 28.1 Å². The molecule has 3 aromatic rings. The monoisotopic (exact) mass is 481 g/mol. The largest absolute Gasteiger partial charge is 0.486 e. The van der Waals surface area contributed by atoms with Crippen LogP contribution < -0.4 is 29.8 Å². The molecule has 9 heteroatoms. The maximum atomic E-state index is 13.0. The van der Waals surface area contributed by atoms with Gasteiger partial charge in [0.2, 0.25) is 6.79 Å². The summed E-state index contributed by atoms with van der Waals surface area (Å²) in [5, 5.41) is 4.81. The lowest BCUT2D eigenvalue weighted by atomic mass is 10.1. The highest BCUT2D eigenvalue weighted by Crippen LogP contribution is 2.34. The van der Waals surface area contributed by atoms with E-state index in [1.54, 1.807) is 0 Å². The van der Waals surface area contributed by atoms with Gasteiger partial charge in [0, 0.05) is 30.1 Å². The molecule has 5 rings (SSSR count). The number of aromatic nitrogens is 1. The summed E-state index contributed by atoms with van der Waals surface area (Å²) in [5.41, 5.74) is 2.19. The summed E-state index contributed by atoms with van der Waals surface area (Å²) < 4.78 is 22.3. The number of benzene rings is 2. The second kappa shape index (κ2) is 9.80. The molecule has 0 amide bonds. The van der Waals surface area contributed by atoms with Crippen LogP contribution in [0.4, 0.5) is 0 Å². The Kier molecular flexibility index (Phi) is 6.44. The van der Waals surface area contributed by atoms with Crippen molar-refractivity contribution < 1.29 is 18.9 Å². The van der Waals surface area contributed by atoms with Crippen LogP contribution >= 0.6 is 12.2 Å². The van der Waals surface area contributed by atoms with Crippen molar-refractivity contribution in [2.75, 3.05) is 26.6 Å². The molecule has 34 heavy (non-hydrogen) atoms. The van der Waals surface area contributed by atoms with Crippen LogP contribution in [0.1, 0.15) is 30.9 Å². The van der Waals surface area contributed by atoms with E-state index in [2.05, 4.69) is 17.2 Å². The molecule has 0 saturated heterocycles. The lowest BCUT2D eigenvalue weighted by Crippen LogP contribution is -2.40. The number of nitrogens with one attached hydrogen (secondary N) is 2. The molecule has 0 saturated carbocycles. The fourth-order valence-corrected chi connectivity index (χ4v) is 4.29. The highest BCUT2D eigenvalue weighted by Gasteiger charge is 2.19. The second-order valence-electron chi connectivity index (χ2n) is 8.34. The first kappa shape index (κ1) is 22.3. The van der Waals surface area contributed by atoms with E-state index in [1.807, 2.05) is 41.3 Å². The summed E-state index contributed by atoms with van der Waals surface area (Å²) in [4.78, 5) is 18.0. The third kappa shape index (κ3) is 4.75. The Morgan fingerprint density at radius 3 is 2.59 bits per heavy atom. The highest BCUT2D eigenvalue weighted by molar-refractivity contribution is 7.80. The van der Waals surface area contributed by atoms with Gasteiger partial charge in [-0.2, -0.15) is 0 Å². The number of aromatic amines is 1. The molecule has 0 bridgehead atoms. The molecule has 0 aliphatic carbocycles. The summed E-state index contributed by atoms with van der Waals surface area (Å²) in [5.74, 6) is 2.79. The normalized spacial score (nSPS) is 13.7. The maximum absolute atomic E-state index is 13.0. The Balaban J connectivity index is 1.43. The summed E-state index contributed by atoms with van der Waals surface area (Å²) in [7, 11) is 0. The number of rotatable bonds is 7. The van der Waals surface area contributed by atoms with Crippen LogP contribution in [0.25, 0.3) is 10.9 Å². The molecular weight excluding hydrogens is 454 g/mol. The summed E-state index contributed by atoms with van der Waals surface area (Å²) in [6, 6.07) is 11.5. The topological polar surface area (TPSA) is 85.1 Å². The lowest BCUT2D eigenvalue weighted by Gasteiger charge is -2.26. The van der Waals surface area contributed by atoms with E-state index in [0.717, 1.165) is 41.8 Å². The van der Waals surface area contributed by atoms with Crippen LogP contribution in [-0.2, 0) is 13.1 Å². The van der Waals surface area contributed by atoms with Crippen molar-refractivity contribution in [1.29, 1.82) is 0 Å². The number of unbranched alkanes of at least 4 members (excludes halogenated alkanes) is 1. The van der Waals surface area contributed by atoms with Crippen molar-refractivity contribution in [3.05, 3.63) is 57.9 Å². The van der Waals surface area contributed by atoms with Gasteiger partial charge in [-0.25, -0.2) is 0 Å². The number of pyridine rings is 1. The number of fused-ring (bicyclic) bond motifs is 3. The number of nitrogens with zero attached hydrogens (tertiary/aromatic N) is 1. The van der Waals surface area contributed by atoms with Crippen LogP contribution in [0.5, 0.6) is 23.0 Å². The number of hydrogen-bond donors (Lipinski definition) is 2. The number of hydrogen-bond acceptors (Lipinski definition) is 6. The van der Waals surface area contributed by atoms with Gasteiger partial charge in [-0.05, 0) is 48.5 Å². The Labute approximate surface area is 202 Å². The zero-order valence-electron chi connectivity index (χ0n) is 19.0. The molecule has 0 unspecified atom stereocenters. The van der Waals surface area contributed by atoms with Crippen molar-refractivity contribution in [3.63, 3.8) is 0 Å². The standard InChI is InChI=1S/C25H27N3O5S/c1-2-3-6-26-25(34)28(13-16-4-5-20-21(9-16)33-15-32-20)14-18-10-17-11-22-23(31-8-7-30-22)12-19(17)27-24(18)29/h4-5,9-12H,2-3,6-8,13-15H2,1H3,(H,26,34)(H,27,29). The Morgan fingerprint density at radius 1 is 1.00 bits per heavy atom. The minimum atomic E-state index is -0.156. The molecule has 0 radical (unpaired) electrons. The Hall–Kier alpha value is -3.46. The minimum absolute atomic E-state index is 0.156. The van der Waals surface area contributed by atoms with E-state index in [4.69, 9.17) is 31.2 Å². The molecule has 0 atom stereocenters. The summed E-state index contributed by atoms with van der Waals surface area (Å²) >= 11 is 5.72. The Bertz CT molecular complexity index is 1280. The van der Waals surface area contributed by atoms with Gasteiger partial charge in [-0.1, -0.05) is 19.4 Å². The van der Waals surface area contributed by atoms with Crippen LogP contribution in [0.3, 0.4) is 0 Å². The van der Waals surface area contributed by atoms with Crippen molar-refractivity contribution >= 4 is 28.2 Å². The van der Waals surface area contributed by atoms with Gasteiger partial charge >= 0.3 is 0 Å². The SMILES string of the molecule is CCCCNC(=S)N(Cc1ccc2c(c1)OCO2)Cc1cc2cc3c(cc2[nH]c1=O)OCCO3. The van der Waals surface area contributed by atoms with E-state index < -0.39 is 0 Å². The van der Waals surface area contributed by atoms with Crippen molar-refractivity contribution in [2.45, 2.75) is 32.9 Å². The molecule has 2 aliphatic heterocycles. The smallest absolute Gasteiger partial charge is 0.253 e. The molecule has 0 fully saturated rings. The molecule has 2 aliphatic rings. The molecule has 2 N–H and O–H groups in total. The summed E-state index contributed by atoms with van der Waals surface area (Å²) in [6.07, 6.45) is 2.08. The molecule has 178 valence electrons. The van der Waals surface area contributed by atoms with Crippen molar-refractivity contribution in [2.24, 2.45) is 0 Å². The van der Waals surface area contributed by atoms with Gasteiger partial charge in [-0.3, -0.25) is 4.79 Å². The van der Waals surface area contributed by atoms with Crippen molar-refractivity contribution in [3.8, 4) is 23.0 Å². The molecular formula is C25H27N3O5S. The van der Waals surface area contributed by atoms with E-state index in [0.29, 0.717) is 54.0 Å². The average molecular weight is 482 g/mol. The van der Waals surface area contributed by atoms with Crippen LogP contribution in [0, 0.1) is 0 Å². The highest BCUT2D eigenvalue weighted by atomic mass is 32.1. The van der Waals surface area contributed by atoms with E-state index in [1.165, 1.54) is 0 Å². The molecule has 3 heterocycles. The number of thiocarbonyl (C=S) groups is 1. The molecule has 2 aromatic carbocycles. The quantitative estimate of drug-likeness (QED) is 0.390. The first-order chi connectivity index (χ1) is 16.6. The van der Waals surface area contributed by atoms with E-state index in [-0.39, 0.29) is 12.4 Å². The van der Waals surface area contributed by atoms with Gasteiger partial charge in [-0.15, -0.1) is 0 Å². The van der Waals surface area contributed by atoms with Gasteiger partial charge < -0.3 is 34.1 Å². The average Bonchev–Trinajstić information content (AvgIpc) is 3.31. The number of ether oxygens (including phenoxy) is 4. The summed E-state index contributed by atoms with van der Waals surface area (Å²) in [6.45, 7) is 5.03. The molecule has 8 nitrogen and oxygen atoms in total. The predicted octanol–water partition coefficient (Wildman–Crippen LogP) is 3.70. The fourth-order valence-electron chi connectivity index (χ4n) is 4.05. The second-order valence-corrected chi connectivity index (χ2v) is 8.72. The Morgan fingerprint density at radius 2 is 1.76 bits per heavy atom. The van der Waals surface area contributed by atoms with Gasteiger partial charge in [0.25, 0.3) is 5.56 Å². The first-order valence-electron chi connectivity index (χ1n) is 11.5. The number of H-pyrrole nitrogens is 1. The van der Waals surface area contributed by atoms with E-state index >= 15 is 0 Å². The maximum Gasteiger partial charge on any atom is 0.253 e. The van der Waals surface area contributed by atoms with Gasteiger partial charge in [0.1, 0.15) is 13.2 Å². The zero-order chi connectivity index (χ0) is 23.5. The van der Waals surface area contributed by atoms with Gasteiger partial charge in [0.05, 0.1) is 12.1 Å². The molecule has 1 aromatic heterocycles. The zero-order valence-corrected chi connectivity index (χ0v) is 19.8. The molecule has 0 spiro atoms. The predicted molar refractivity (Wildman–Crippen MR) is 133 cm³/mol. The van der Waals surface area contributed by atoms with Crippen LogP contribution in [-0.4, -0.2) is 41.5 Å². The lowest BCUT2D eigenvalue weighted by molar-refractivity contribution is 0.172. The fraction of sp³-hybridized carbons (Fsp3) is 0.360. The third-order valence-corrected chi connectivity index (χ3v) is 6.25. The first-order valence-corrected chi connectivity index (χ1v) is 11.9. The van der Waals surface area contributed by atoms with Crippen molar-refractivity contribution in [1.82, 2.24) is 15.2 Å².